The number of amides is 3. The Balaban J connectivity index is 1.58. The Hall–Kier alpha value is -3.33. The Morgan fingerprint density at radius 1 is 1.37 bits per heavy atom. The fourth-order valence-corrected chi connectivity index (χ4v) is 4.09. The summed E-state index contributed by atoms with van der Waals surface area (Å²) in [5.41, 5.74) is 0.343. The zero-order valence-electron chi connectivity index (χ0n) is 15.8. The Morgan fingerprint density at radius 2 is 2.13 bits per heavy atom. The molecule has 2 aliphatic heterocycles. The van der Waals surface area contributed by atoms with Gasteiger partial charge in [0, 0.05) is 31.1 Å². The van der Waals surface area contributed by atoms with Gasteiger partial charge in [0.2, 0.25) is 5.91 Å². The summed E-state index contributed by atoms with van der Waals surface area (Å²) in [7, 11) is 0. The molecule has 2 atom stereocenters. The van der Waals surface area contributed by atoms with Crippen LogP contribution in [0.25, 0.3) is 0 Å². The number of nitrogens with one attached hydrogen (secondary N) is 2. The van der Waals surface area contributed by atoms with Crippen molar-refractivity contribution in [3.05, 3.63) is 58.7 Å². The number of halogens is 1. The molecule has 1 spiro atoms. The number of carbonyl (C=O) groups excluding carboxylic acids is 2. The zero-order chi connectivity index (χ0) is 21.3. The van der Waals surface area contributed by atoms with Crippen LogP contribution < -0.4 is 10.6 Å². The molecule has 1 fully saturated rings. The van der Waals surface area contributed by atoms with Crippen molar-refractivity contribution in [2.45, 2.75) is 24.5 Å². The van der Waals surface area contributed by atoms with Gasteiger partial charge in [-0.3, -0.25) is 10.1 Å². The summed E-state index contributed by atoms with van der Waals surface area (Å²) in [5.74, 6) is -0.0429. The summed E-state index contributed by atoms with van der Waals surface area (Å²) < 4.78 is 5.60. The third-order valence-electron chi connectivity index (χ3n) is 5.28. The molecule has 30 heavy (non-hydrogen) atoms. The second kappa shape index (κ2) is 7.83. The maximum atomic E-state index is 13.2. The lowest BCUT2D eigenvalue weighted by Crippen LogP contribution is -2.50. The number of rotatable bonds is 4. The van der Waals surface area contributed by atoms with E-state index in [9.17, 15) is 19.5 Å². The topological polar surface area (TPSA) is 121 Å². The maximum absolute atomic E-state index is 13.2. The van der Waals surface area contributed by atoms with E-state index in [2.05, 4.69) is 15.6 Å². The third-order valence-corrected chi connectivity index (χ3v) is 5.48. The van der Waals surface area contributed by atoms with Crippen LogP contribution in [0.5, 0.6) is 0 Å². The van der Waals surface area contributed by atoms with Crippen molar-refractivity contribution >= 4 is 35.5 Å². The standard InChI is InChI=1S/C20H19ClN4O5/c21-13-9-14-16(22-10-13)24-19(29)30-20(14)6-7-25(11-20)17(26)15(23-18(27)28)8-12-4-2-1-3-5-12/h1-5,9-10,15,23H,6-8,11H2,(H,27,28)(H,22,24,29)/t15-,20?/m0/s1. The lowest BCUT2D eigenvalue weighted by molar-refractivity contribution is -0.133. The van der Waals surface area contributed by atoms with Crippen LogP contribution in [0.1, 0.15) is 17.5 Å². The second-order valence-corrected chi connectivity index (χ2v) is 7.70. The van der Waals surface area contributed by atoms with Gasteiger partial charge in [0.15, 0.2) is 5.60 Å². The lowest BCUT2D eigenvalue weighted by atomic mass is 9.92. The molecule has 1 aromatic heterocycles. The fourth-order valence-electron chi connectivity index (χ4n) is 3.93. The fraction of sp³-hybridized carbons (Fsp3) is 0.300. The molecule has 0 radical (unpaired) electrons. The molecule has 1 unspecified atom stereocenters. The third kappa shape index (κ3) is 3.88. The van der Waals surface area contributed by atoms with Gasteiger partial charge in [-0.1, -0.05) is 41.9 Å². The zero-order valence-corrected chi connectivity index (χ0v) is 16.6. The van der Waals surface area contributed by atoms with Crippen molar-refractivity contribution in [3.63, 3.8) is 0 Å². The number of benzene rings is 1. The molecule has 0 saturated carbocycles. The van der Waals surface area contributed by atoms with Crippen molar-refractivity contribution in [1.82, 2.24) is 15.2 Å². The maximum Gasteiger partial charge on any atom is 0.413 e. The first-order valence-electron chi connectivity index (χ1n) is 9.34. The van der Waals surface area contributed by atoms with Gasteiger partial charge < -0.3 is 20.1 Å². The SMILES string of the molecule is O=C(O)N[C@@H](Cc1ccccc1)C(=O)N1CCC2(C1)OC(=O)Nc1ncc(Cl)cc12. The van der Waals surface area contributed by atoms with Crippen molar-refractivity contribution < 1.29 is 24.2 Å². The molecule has 3 heterocycles. The minimum absolute atomic E-state index is 0.0842. The van der Waals surface area contributed by atoms with Gasteiger partial charge in [-0.25, -0.2) is 14.6 Å². The van der Waals surface area contributed by atoms with Crippen molar-refractivity contribution in [2.75, 3.05) is 18.4 Å². The van der Waals surface area contributed by atoms with E-state index in [1.807, 2.05) is 30.3 Å². The summed E-state index contributed by atoms with van der Waals surface area (Å²) in [6.45, 7) is 0.380. The van der Waals surface area contributed by atoms with Gasteiger partial charge in [-0.15, -0.1) is 0 Å². The lowest BCUT2D eigenvalue weighted by Gasteiger charge is -2.35. The number of fused-ring (bicyclic) bond motifs is 2. The molecule has 1 saturated heterocycles. The first-order chi connectivity index (χ1) is 14.4. The minimum Gasteiger partial charge on any atom is -0.465 e. The van der Waals surface area contributed by atoms with Gasteiger partial charge >= 0.3 is 12.2 Å². The number of nitrogens with zero attached hydrogens (tertiary/aromatic N) is 2. The molecule has 9 nitrogen and oxygen atoms in total. The molecule has 3 N–H and O–H groups in total. The molecule has 0 bridgehead atoms. The van der Waals surface area contributed by atoms with Gasteiger partial charge in [-0.05, 0) is 11.6 Å². The highest BCUT2D eigenvalue weighted by molar-refractivity contribution is 6.30. The van der Waals surface area contributed by atoms with E-state index < -0.39 is 23.8 Å². The van der Waals surface area contributed by atoms with Crippen molar-refractivity contribution in [2.24, 2.45) is 0 Å². The number of aromatic nitrogens is 1. The van der Waals surface area contributed by atoms with Crippen LogP contribution in [0.15, 0.2) is 42.6 Å². The van der Waals surface area contributed by atoms with Gasteiger partial charge in [0.25, 0.3) is 0 Å². The number of carbonyl (C=O) groups is 3. The van der Waals surface area contributed by atoms with E-state index in [4.69, 9.17) is 16.3 Å². The van der Waals surface area contributed by atoms with E-state index in [-0.39, 0.29) is 18.9 Å². The predicted octanol–water partition coefficient (Wildman–Crippen LogP) is 2.60. The quantitative estimate of drug-likeness (QED) is 0.685. The molecular formula is C20H19ClN4O5. The van der Waals surface area contributed by atoms with E-state index in [0.29, 0.717) is 29.4 Å². The summed E-state index contributed by atoms with van der Waals surface area (Å²) in [4.78, 5) is 42.2. The number of hydrogen-bond acceptors (Lipinski definition) is 5. The predicted molar refractivity (Wildman–Crippen MR) is 107 cm³/mol. The molecular weight excluding hydrogens is 412 g/mol. The summed E-state index contributed by atoms with van der Waals surface area (Å²) in [6.07, 6.45) is 0.0427. The van der Waals surface area contributed by atoms with Gasteiger partial charge in [0.1, 0.15) is 11.9 Å². The number of likely N-dealkylation sites (tertiary alicyclic amines) is 1. The molecule has 10 heteroatoms. The molecule has 2 aromatic rings. The van der Waals surface area contributed by atoms with E-state index in [0.717, 1.165) is 5.56 Å². The Morgan fingerprint density at radius 3 is 2.87 bits per heavy atom. The largest absolute Gasteiger partial charge is 0.465 e. The number of hydrogen-bond donors (Lipinski definition) is 3. The molecule has 1 aromatic carbocycles. The molecule has 156 valence electrons. The van der Waals surface area contributed by atoms with Gasteiger partial charge in [0.05, 0.1) is 11.6 Å². The number of pyridine rings is 1. The second-order valence-electron chi connectivity index (χ2n) is 7.26. The highest BCUT2D eigenvalue weighted by atomic mass is 35.5. The van der Waals surface area contributed by atoms with Crippen LogP contribution >= 0.6 is 11.6 Å². The van der Waals surface area contributed by atoms with Gasteiger partial charge in [-0.2, -0.15) is 0 Å². The summed E-state index contributed by atoms with van der Waals surface area (Å²) in [6, 6.07) is 9.84. The van der Waals surface area contributed by atoms with Crippen LogP contribution in [0, 0.1) is 0 Å². The van der Waals surface area contributed by atoms with E-state index in [1.165, 1.54) is 11.1 Å². The Labute approximate surface area is 177 Å². The monoisotopic (exact) mass is 430 g/mol. The first kappa shape index (κ1) is 20.0. The average molecular weight is 431 g/mol. The summed E-state index contributed by atoms with van der Waals surface area (Å²) >= 11 is 6.09. The number of carboxylic acid groups (broad SMARTS) is 1. The molecule has 0 aliphatic carbocycles. The van der Waals surface area contributed by atoms with E-state index in [1.54, 1.807) is 6.07 Å². The van der Waals surface area contributed by atoms with Crippen LogP contribution in [0.4, 0.5) is 15.4 Å². The van der Waals surface area contributed by atoms with Crippen LogP contribution in [0.2, 0.25) is 5.02 Å². The highest BCUT2D eigenvalue weighted by Crippen LogP contribution is 2.42. The molecule has 4 rings (SSSR count). The van der Waals surface area contributed by atoms with E-state index >= 15 is 0 Å². The van der Waals surface area contributed by atoms with Crippen LogP contribution in [-0.4, -0.2) is 52.2 Å². The van der Waals surface area contributed by atoms with Crippen LogP contribution in [0.3, 0.4) is 0 Å². The highest BCUT2D eigenvalue weighted by Gasteiger charge is 2.50. The summed E-state index contributed by atoms with van der Waals surface area (Å²) in [5, 5.41) is 14.4. The normalized spacial score (nSPS) is 20.8. The first-order valence-corrected chi connectivity index (χ1v) is 9.72. The minimum atomic E-state index is -1.28. The average Bonchev–Trinajstić information content (AvgIpc) is 3.12. The number of anilines is 1. The number of ether oxygens (including phenoxy) is 1. The molecule has 2 aliphatic rings. The van der Waals surface area contributed by atoms with Crippen molar-refractivity contribution in [1.29, 1.82) is 0 Å². The van der Waals surface area contributed by atoms with Crippen molar-refractivity contribution in [3.8, 4) is 0 Å². The molecule has 3 amide bonds. The van der Waals surface area contributed by atoms with Crippen LogP contribution in [-0.2, 0) is 21.6 Å². The Kier molecular flexibility index (Phi) is 5.21. The smallest absolute Gasteiger partial charge is 0.413 e. The Bertz CT molecular complexity index is 1000.